The molecule has 0 aromatic heterocycles. The Hall–Kier alpha value is -1.94. The Labute approximate surface area is 568 Å². The Kier molecular flexibility index (Phi) is 62.2. The molecule has 0 spiro atoms. The summed E-state index contributed by atoms with van der Waals surface area (Å²) in [5.74, 6) is 0.879. The second-order valence-electron chi connectivity index (χ2n) is 28.1. The highest BCUT2D eigenvalue weighted by Gasteiger charge is 2.30. The summed E-state index contributed by atoms with van der Waals surface area (Å²) in [6, 6.07) is 0. The van der Waals surface area contributed by atoms with E-state index in [1.807, 2.05) is 0 Å². The van der Waals surface area contributed by atoms with Crippen LogP contribution >= 0.6 is 15.6 Å². The molecule has 0 saturated heterocycles. The van der Waals surface area contributed by atoms with Crippen LogP contribution in [0.4, 0.5) is 0 Å². The second kappa shape index (κ2) is 63.5. The molecule has 0 radical (unpaired) electrons. The molecule has 0 aromatic carbocycles. The Morgan fingerprint density at radius 1 is 0.301 bits per heavy atom. The highest BCUT2D eigenvalue weighted by atomic mass is 31.2. The van der Waals surface area contributed by atoms with E-state index in [4.69, 9.17) is 37.0 Å². The molecule has 19 heteroatoms. The van der Waals surface area contributed by atoms with Crippen molar-refractivity contribution in [1.82, 2.24) is 0 Å². The summed E-state index contributed by atoms with van der Waals surface area (Å²) < 4.78 is 68.3. The number of phosphoric ester groups is 2. The molecule has 0 heterocycles. The van der Waals surface area contributed by atoms with E-state index < -0.39 is 97.5 Å². The van der Waals surface area contributed by atoms with Gasteiger partial charge in [-0.2, -0.15) is 0 Å². The number of esters is 4. The first-order chi connectivity index (χ1) is 44.7. The zero-order valence-corrected chi connectivity index (χ0v) is 62.7. The molecular weight excluding hydrogens is 1220 g/mol. The molecule has 0 fully saturated rings. The van der Waals surface area contributed by atoms with Gasteiger partial charge in [-0.1, -0.05) is 319 Å². The lowest BCUT2D eigenvalue weighted by Crippen LogP contribution is -2.30. The van der Waals surface area contributed by atoms with Crippen molar-refractivity contribution < 1.29 is 80.2 Å². The number of carbonyl (C=O) groups excluding carboxylic acids is 4. The van der Waals surface area contributed by atoms with Crippen molar-refractivity contribution in [2.45, 2.75) is 388 Å². The minimum absolute atomic E-state index is 0.101. The third kappa shape index (κ3) is 65.8. The van der Waals surface area contributed by atoms with Gasteiger partial charge in [-0.3, -0.25) is 37.3 Å². The van der Waals surface area contributed by atoms with E-state index in [2.05, 4.69) is 55.4 Å². The van der Waals surface area contributed by atoms with Crippen molar-refractivity contribution in [3.63, 3.8) is 0 Å². The molecule has 0 aliphatic carbocycles. The molecule has 3 N–H and O–H groups in total. The number of aliphatic hydroxyl groups excluding tert-OH is 1. The normalized spacial score (nSPS) is 14.8. The van der Waals surface area contributed by atoms with Crippen molar-refractivity contribution in [3.8, 4) is 0 Å². The predicted octanol–water partition coefficient (Wildman–Crippen LogP) is 21.3. The topological polar surface area (TPSA) is 237 Å². The summed E-state index contributed by atoms with van der Waals surface area (Å²) in [4.78, 5) is 72.6. The molecular formula is C74H144O17P2. The summed E-state index contributed by atoms with van der Waals surface area (Å²) in [5.41, 5.74) is 0. The molecule has 0 aliphatic rings. The quantitative estimate of drug-likeness (QED) is 0.0222. The fourth-order valence-corrected chi connectivity index (χ4v) is 12.7. The molecule has 93 heavy (non-hydrogen) atoms. The lowest BCUT2D eigenvalue weighted by atomic mass is 9.99. The molecule has 7 atom stereocenters. The molecule has 0 rings (SSSR count). The third-order valence-electron chi connectivity index (χ3n) is 17.8. The number of hydrogen-bond acceptors (Lipinski definition) is 15. The molecule has 0 saturated carbocycles. The van der Waals surface area contributed by atoms with Gasteiger partial charge in [-0.15, -0.1) is 0 Å². The SMILES string of the molecule is CCC(C)CCCCCCCCCCCCCCCCCCCCC(=O)OC[C@H](COP(=O)(O)OC[C@@H](O)COP(=O)(O)OC[C@@H](COC(=O)CCCCCCCCC(C)C)OC(=O)CCCCCCCCC(C)CC)OC(=O)CCCCCCCCCCCC(C)C. The number of phosphoric acid groups is 2. The number of carbonyl (C=O) groups is 4. The lowest BCUT2D eigenvalue weighted by Gasteiger charge is -2.21. The number of hydrogen-bond donors (Lipinski definition) is 3. The molecule has 4 unspecified atom stereocenters. The molecule has 552 valence electrons. The van der Waals surface area contributed by atoms with Gasteiger partial charge in [-0.05, 0) is 49.4 Å². The smallest absolute Gasteiger partial charge is 0.462 e. The fourth-order valence-electron chi connectivity index (χ4n) is 11.1. The molecule has 17 nitrogen and oxygen atoms in total. The van der Waals surface area contributed by atoms with E-state index in [0.29, 0.717) is 31.6 Å². The summed E-state index contributed by atoms with van der Waals surface area (Å²) >= 11 is 0. The first kappa shape index (κ1) is 91.1. The standard InChI is InChI=1S/C74H144O17P2/c1-9-66(7)52-44-36-27-23-19-17-15-13-11-12-14-16-18-20-24-28-38-46-54-71(76)84-60-69(90-73(78)56-48-40-29-25-21-22-26-34-42-50-64(3)4)62-88-92(80,81)86-58-68(75)59-87-93(82,83)89-63-70(61-85-72(77)55-47-39-32-30-35-43-51-65(5)6)91-74(79)57-49-41-33-31-37-45-53-67(8)10-2/h64-70,75H,9-63H2,1-8H3,(H,80,81)(H,82,83)/t66?,67?,68-,69-,70-/m1/s1. The van der Waals surface area contributed by atoms with Crippen molar-refractivity contribution in [2.75, 3.05) is 39.6 Å². The Morgan fingerprint density at radius 2 is 0.516 bits per heavy atom. The number of rotatable bonds is 71. The van der Waals surface area contributed by atoms with Gasteiger partial charge in [0.15, 0.2) is 12.2 Å². The highest BCUT2D eigenvalue weighted by molar-refractivity contribution is 7.47. The van der Waals surface area contributed by atoms with Gasteiger partial charge in [0.25, 0.3) is 0 Å². The number of unbranched alkanes of at least 4 members (excludes halogenated alkanes) is 35. The first-order valence-corrected chi connectivity index (χ1v) is 41.3. The zero-order chi connectivity index (χ0) is 68.9. The van der Waals surface area contributed by atoms with Crippen LogP contribution in [0.2, 0.25) is 0 Å². The van der Waals surface area contributed by atoms with Crippen molar-refractivity contribution in [3.05, 3.63) is 0 Å². The van der Waals surface area contributed by atoms with Gasteiger partial charge in [0.2, 0.25) is 0 Å². The maximum absolute atomic E-state index is 13.0. The van der Waals surface area contributed by atoms with Crippen molar-refractivity contribution in [2.24, 2.45) is 23.7 Å². The number of aliphatic hydroxyl groups is 1. The third-order valence-corrected chi connectivity index (χ3v) is 19.7. The highest BCUT2D eigenvalue weighted by Crippen LogP contribution is 2.45. The fraction of sp³-hybridized carbons (Fsp3) is 0.946. The Balaban J connectivity index is 5.13. The van der Waals surface area contributed by atoms with E-state index in [1.54, 1.807) is 0 Å². The predicted molar refractivity (Wildman–Crippen MR) is 377 cm³/mol. The average Bonchev–Trinajstić information content (AvgIpc) is 1.66. The molecule has 0 aliphatic heterocycles. The van der Waals surface area contributed by atoms with Crippen LogP contribution in [0.5, 0.6) is 0 Å². The maximum Gasteiger partial charge on any atom is 0.472 e. The van der Waals surface area contributed by atoms with Crippen molar-refractivity contribution >= 4 is 39.5 Å². The summed E-state index contributed by atoms with van der Waals surface area (Å²) in [5, 5.41) is 10.6. The largest absolute Gasteiger partial charge is 0.472 e. The Bertz CT molecular complexity index is 1840. The van der Waals surface area contributed by atoms with Crippen LogP contribution in [-0.2, 0) is 65.4 Å². The summed E-state index contributed by atoms with van der Waals surface area (Å²) in [7, 11) is -9.90. The second-order valence-corrected chi connectivity index (χ2v) is 31.0. The van der Waals surface area contributed by atoms with Crippen LogP contribution in [0.1, 0.15) is 370 Å². The van der Waals surface area contributed by atoms with Crippen LogP contribution in [0.15, 0.2) is 0 Å². The number of ether oxygens (including phenoxy) is 4. The Morgan fingerprint density at radius 3 is 0.763 bits per heavy atom. The van der Waals surface area contributed by atoms with Gasteiger partial charge >= 0.3 is 39.5 Å². The van der Waals surface area contributed by atoms with E-state index in [0.717, 1.165) is 114 Å². The molecule has 0 amide bonds. The van der Waals surface area contributed by atoms with E-state index in [9.17, 15) is 43.2 Å². The monoisotopic (exact) mass is 1370 g/mol. The minimum atomic E-state index is -4.96. The van der Waals surface area contributed by atoms with E-state index in [1.165, 1.54) is 167 Å². The summed E-state index contributed by atoms with van der Waals surface area (Å²) in [6.07, 6.45) is 47.6. The van der Waals surface area contributed by atoms with Crippen molar-refractivity contribution in [1.29, 1.82) is 0 Å². The molecule has 0 bridgehead atoms. The maximum atomic E-state index is 13.0. The first-order valence-electron chi connectivity index (χ1n) is 38.3. The van der Waals surface area contributed by atoms with Gasteiger partial charge in [0.1, 0.15) is 19.3 Å². The minimum Gasteiger partial charge on any atom is -0.462 e. The zero-order valence-electron chi connectivity index (χ0n) is 60.9. The lowest BCUT2D eigenvalue weighted by molar-refractivity contribution is -0.161. The van der Waals surface area contributed by atoms with Crippen LogP contribution in [-0.4, -0.2) is 96.7 Å². The van der Waals surface area contributed by atoms with E-state index in [-0.39, 0.29) is 25.7 Å². The molecule has 0 aromatic rings. The van der Waals surface area contributed by atoms with Gasteiger partial charge in [0, 0.05) is 25.7 Å². The average molecular weight is 1370 g/mol. The van der Waals surface area contributed by atoms with Crippen LogP contribution in [0.3, 0.4) is 0 Å². The van der Waals surface area contributed by atoms with Crippen LogP contribution < -0.4 is 0 Å². The van der Waals surface area contributed by atoms with Crippen LogP contribution in [0, 0.1) is 23.7 Å². The van der Waals surface area contributed by atoms with Crippen LogP contribution in [0.25, 0.3) is 0 Å². The van der Waals surface area contributed by atoms with E-state index >= 15 is 0 Å². The van der Waals surface area contributed by atoms with Gasteiger partial charge in [-0.25, -0.2) is 9.13 Å². The van der Waals surface area contributed by atoms with Gasteiger partial charge in [0.05, 0.1) is 26.4 Å². The summed E-state index contributed by atoms with van der Waals surface area (Å²) in [6.45, 7) is 14.1. The van der Waals surface area contributed by atoms with Gasteiger partial charge < -0.3 is 33.8 Å².